The van der Waals surface area contributed by atoms with Crippen LogP contribution in [0.1, 0.15) is 19.3 Å². The van der Waals surface area contributed by atoms with Gasteiger partial charge in [0.15, 0.2) is 0 Å². The molecule has 3 N–H and O–H groups in total. The minimum atomic E-state index is -0.780. The molecule has 1 aliphatic heterocycles. The molecule has 0 bridgehead atoms. The van der Waals surface area contributed by atoms with E-state index in [-0.39, 0.29) is 12.5 Å². The van der Waals surface area contributed by atoms with E-state index in [1.165, 1.54) is 12.2 Å². The maximum atomic E-state index is 10.4. The highest BCUT2D eigenvalue weighted by atomic mass is 32.2. The molecule has 4 heteroatoms. The van der Waals surface area contributed by atoms with Crippen LogP contribution >= 0.6 is 11.8 Å². The van der Waals surface area contributed by atoms with Gasteiger partial charge in [-0.1, -0.05) is 0 Å². The van der Waals surface area contributed by atoms with Crippen molar-refractivity contribution in [1.29, 1.82) is 0 Å². The first-order valence-corrected chi connectivity index (χ1v) is 5.40. The number of carboxylic acid groups (broad SMARTS) is 1. The molecule has 1 fully saturated rings. The first-order chi connectivity index (χ1) is 5.70. The largest absolute Gasteiger partial charge is 0.481 e. The molecule has 0 aromatic rings. The zero-order valence-electron chi connectivity index (χ0n) is 7.03. The molecule has 12 heavy (non-hydrogen) atoms. The monoisotopic (exact) mass is 189 g/mol. The van der Waals surface area contributed by atoms with E-state index in [0.29, 0.717) is 5.92 Å². The second-order valence-electron chi connectivity index (χ2n) is 3.24. The van der Waals surface area contributed by atoms with Crippen LogP contribution in [0.25, 0.3) is 0 Å². The second-order valence-corrected chi connectivity index (χ2v) is 4.39. The number of thioether (sulfide) groups is 1. The van der Waals surface area contributed by atoms with Crippen molar-refractivity contribution < 1.29 is 9.90 Å². The van der Waals surface area contributed by atoms with E-state index in [4.69, 9.17) is 10.8 Å². The third-order valence-electron chi connectivity index (χ3n) is 2.21. The van der Waals surface area contributed by atoms with E-state index in [1.54, 1.807) is 0 Å². The van der Waals surface area contributed by atoms with Gasteiger partial charge in [-0.15, -0.1) is 0 Å². The predicted molar refractivity (Wildman–Crippen MR) is 50.3 cm³/mol. The zero-order valence-corrected chi connectivity index (χ0v) is 7.85. The summed E-state index contributed by atoms with van der Waals surface area (Å²) in [7, 11) is 0. The van der Waals surface area contributed by atoms with E-state index in [0.717, 1.165) is 12.2 Å². The van der Waals surface area contributed by atoms with Crippen molar-refractivity contribution in [2.24, 2.45) is 11.7 Å². The van der Waals surface area contributed by atoms with E-state index in [2.05, 4.69) is 0 Å². The summed E-state index contributed by atoms with van der Waals surface area (Å²) in [6, 6.07) is -0.143. The summed E-state index contributed by atoms with van der Waals surface area (Å²) in [6.45, 7) is 0. The summed E-state index contributed by atoms with van der Waals surface area (Å²) in [5.41, 5.74) is 5.76. The Labute approximate surface area is 76.7 Å². The van der Waals surface area contributed by atoms with Crippen molar-refractivity contribution in [3.05, 3.63) is 0 Å². The summed E-state index contributed by atoms with van der Waals surface area (Å²) in [5, 5.41) is 8.53. The second kappa shape index (κ2) is 4.72. The van der Waals surface area contributed by atoms with Gasteiger partial charge in [0, 0.05) is 6.04 Å². The SMILES string of the molecule is NC(CC(=O)O)C1CCCSC1. The van der Waals surface area contributed by atoms with Crippen LogP contribution in [-0.4, -0.2) is 28.6 Å². The lowest BCUT2D eigenvalue weighted by Crippen LogP contribution is -2.35. The fraction of sp³-hybridized carbons (Fsp3) is 0.875. The van der Waals surface area contributed by atoms with E-state index >= 15 is 0 Å². The summed E-state index contributed by atoms with van der Waals surface area (Å²) < 4.78 is 0. The molecule has 0 aromatic carbocycles. The molecule has 3 nitrogen and oxygen atoms in total. The molecule has 0 spiro atoms. The Hall–Kier alpha value is -0.220. The molecule has 0 amide bonds. The Morgan fingerprint density at radius 1 is 1.75 bits per heavy atom. The highest BCUT2D eigenvalue weighted by molar-refractivity contribution is 7.99. The molecule has 2 atom stereocenters. The van der Waals surface area contributed by atoms with Crippen LogP contribution in [0.5, 0.6) is 0 Å². The maximum absolute atomic E-state index is 10.4. The van der Waals surface area contributed by atoms with Gasteiger partial charge in [0.05, 0.1) is 6.42 Å². The van der Waals surface area contributed by atoms with Crippen molar-refractivity contribution in [3.63, 3.8) is 0 Å². The zero-order chi connectivity index (χ0) is 8.97. The van der Waals surface area contributed by atoms with Crippen molar-refractivity contribution in [3.8, 4) is 0 Å². The summed E-state index contributed by atoms with van der Waals surface area (Å²) in [4.78, 5) is 10.4. The predicted octanol–water partition coefficient (Wildman–Crippen LogP) is 0.932. The quantitative estimate of drug-likeness (QED) is 0.693. The summed E-state index contributed by atoms with van der Waals surface area (Å²) in [5.74, 6) is 1.88. The van der Waals surface area contributed by atoms with Crippen molar-refractivity contribution in [2.45, 2.75) is 25.3 Å². The number of carboxylic acids is 1. The molecule has 1 rings (SSSR count). The first kappa shape index (κ1) is 9.86. The van der Waals surface area contributed by atoms with Crippen LogP contribution in [0.15, 0.2) is 0 Å². The molecule has 0 aliphatic carbocycles. The Balaban J connectivity index is 2.29. The molecular formula is C8H15NO2S. The van der Waals surface area contributed by atoms with Crippen LogP contribution in [0.2, 0.25) is 0 Å². The maximum Gasteiger partial charge on any atom is 0.304 e. The highest BCUT2D eigenvalue weighted by Gasteiger charge is 2.22. The number of hydrogen-bond donors (Lipinski definition) is 2. The van der Waals surface area contributed by atoms with Gasteiger partial charge in [-0.25, -0.2) is 0 Å². The number of aliphatic carboxylic acids is 1. The molecular weight excluding hydrogens is 174 g/mol. The van der Waals surface area contributed by atoms with E-state index in [1.807, 2.05) is 11.8 Å². The highest BCUT2D eigenvalue weighted by Crippen LogP contribution is 2.25. The number of hydrogen-bond acceptors (Lipinski definition) is 3. The molecule has 2 unspecified atom stereocenters. The first-order valence-electron chi connectivity index (χ1n) is 4.25. The third kappa shape index (κ3) is 3.03. The van der Waals surface area contributed by atoms with Gasteiger partial charge < -0.3 is 10.8 Å². The smallest absolute Gasteiger partial charge is 0.304 e. The Kier molecular flexibility index (Phi) is 3.88. The number of carbonyl (C=O) groups is 1. The topological polar surface area (TPSA) is 63.3 Å². The average molecular weight is 189 g/mol. The normalized spacial score (nSPS) is 26.6. The van der Waals surface area contributed by atoms with Gasteiger partial charge >= 0.3 is 5.97 Å². The van der Waals surface area contributed by atoms with Crippen LogP contribution in [0.3, 0.4) is 0 Å². The van der Waals surface area contributed by atoms with E-state index < -0.39 is 5.97 Å². The summed E-state index contributed by atoms with van der Waals surface area (Å²) >= 11 is 1.89. The van der Waals surface area contributed by atoms with Crippen molar-refractivity contribution in [2.75, 3.05) is 11.5 Å². The van der Waals surface area contributed by atoms with Gasteiger partial charge in [-0.3, -0.25) is 4.79 Å². The van der Waals surface area contributed by atoms with Crippen molar-refractivity contribution >= 4 is 17.7 Å². The fourth-order valence-corrected chi connectivity index (χ4v) is 2.73. The minimum absolute atomic E-state index is 0.116. The molecule has 0 aromatic heterocycles. The average Bonchev–Trinajstić information content (AvgIpc) is 2.05. The Morgan fingerprint density at radius 2 is 2.50 bits per heavy atom. The number of rotatable bonds is 3. The van der Waals surface area contributed by atoms with Gasteiger partial charge in [-0.05, 0) is 30.3 Å². The molecule has 0 radical (unpaired) electrons. The Morgan fingerprint density at radius 3 is 3.00 bits per heavy atom. The van der Waals surface area contributed by atoms with Crippen LogP contribution in [0, 0.1) is 5.92 Å². The molecule has 1 aliphatic rings. The van der Waals surface area contributed by atoms with Crippen molar-refractivity contribution in [1.82, 2.24) is 0 Å². The molecule has 70 valence electrons. The van der Waals surface area contributed by atoms with Crippen LogP contribution in [-0.2, 0) is 4.79 Å². The lowest BCUT2D eigenvalue weighted by atomic mass is 9.95. The third-order valence-corrected chi connectivity index (χ3v) is 3.45. The molecule has 1 saturated heterocycles. The number of nitrogens with two attached hydrogens (primary N) is 1. The molecule has 1 heterocycles. The van der Waals surface area contributed by atoms with Gasteiger partial charge in [0.2, 0.25) is 0 Å². The van der Waals surface area contributed by atoms with Gasteiger partial charge in [0.25, 0.3) is 0 Å². The van der Waals surface area contributed by atoms with Gasteiger partial charge in [-0.2, -0.15) is 11.8 Å². The Bertz CT molecular complexity index is 157. The standard InChI is InChI=1S/C8H15NO2S/c9-7(4-8(10)11)6-2-1-3-12-5-6/h6-7H,1-5,9H2,(H,10,11). The minimum Gasteiger partial charge on any atom is -0.481 e. The van der Waals surface area contributed by atoms with Crippen LogP contribution < -0.4 is 5.73 Å². The van der Waals surface area contributed by atoms with Crippen LogP contribution in [0.4, 0.5) is 0 Å². The summed E-state index contributed by atoms with van der Waals surface area (Å²) in [6.07, 6.45) is 2.40. The lowest BCUT2D eigenvalue weighted by Gasteiger charge is -2.25. The lowest BCUT2D eigenvalue weighted by molar-refractivity contribution is -0.137. The van der Waals surface area contributed by atoms with Gasteiger partial charge in [0.1, 0.15) is 0 Å². The van der Waals surface area contributed by atoms with E-state index in [9.17, 15) is 4.79 Å². The molecule has 0 saturated carbocycles. The fourth-order valence-electron chi connectivity index (χ4n) is 1.47.